The maximum Gasteiger partial charge on any atom is 0.459 e. The third-order valence-corrected chi connectivity index (χ3v) is 7.11. The van der Waals surface area contributed by atoms with Crippen LogP contribution < -0.4 is 15.3 Å². The molecule has 0 amide bonds. The monoisotopic (exact) mass is 527 g/mol. The second-order valence-corrected chi connectivity index (χ2v) is 10.3. The van der Waals surface area contributed by atoms with Crippen molar-refractivity contribution in [2.75, 3.05) is 13.2 Å². The predicted molar refractivity (Wildman–Crippen MR) is 127 cm³/mol. The van der Waals surface area contributed by atoms with Gasteiger partial charge in [-0.15, -0.1) is 0 Å². The summed E-state index contributed by atoms with van der Waals surface area (Å²) < 4.78 is 51.7. The number of nitrogens with one attached hydrogen (secondary N) is 1. The number of carbonyl (C=O) groups is 1. The summed E-state index contributed by atoms with van der Waals surface area (Å²) in [4.78, 5) is 28.3. The van der Waals surface area contributed by atoms with Gasteiger partial charge in [0.2, 0.25) is 0 Å². The van der Waals surface area contributed by atoms with Gasteiger partial charge in [0.05, 0.1) is 13.2 Å². The Morgan fingerprint density at radius 1 is 1.36 bits per heavy atom. The van der Waals surface area contributed by atoms with Crippen molar-refractivity contribution in [1.29, 1.82) is 0 Å². The number of hydrogen-bond donors (Lipinski definition) is 2. The first-order valence-electron chi connectivity index (χ1n) is 11.5. The van der Waals surface area contributed by atoms with Gasteiger partial charge in [0, 0.05) is 11.9 Å². The number of benzene rings is 1. The van der Waals surface area contributed by atoms with Crippen molar-refractivity contribution >= 4 is 13.7 Å². The summed E-state index contributed by atoms with van der Waals surface area (Å²) in [6, 6.07) is 8.51. The number of carbonyl (C=O) groups excluding carboxylic acids is 1. The number of rotatable bonds is 11. The average molecular weight is 527 g/mol. The number of aromatic nitrogens is 2. The fraction of sp³-hybridized carbons (Fsp3) is 0.522. The standard InChI is InChI=1S/C23H31FN3O8P/c1-5-13-32-20(29)16(3)26-36(31,35-17-9-7-6-8-10-17)33-14-18-19(28)23(4,24)21(34-18)27-12-11-15(2)25-22(27)30/h6-12,16,18-19,21,28H,5,13-14H2,1-4H3,(H,26,31)/t16?,18-,19-,21-,23-,36?/m1/s1. The van der Waals surface area contributed by atoms with Crippen LogP contribution in [0.3, 0.4) is 0 Å². The van der Waals surface area contributed by atoms with Gasteiger partial charge in [-0.05, 0) is 45.4 Å². The lowest BCUT2D eigenvalue weighted by molar-refractivity contribution is -0.145. The molecule has 3 rings (SSSR count). The van der Waals surface area contributed by atoms with Crippen LogP contribution in [0.5, 0.6) is 5.75 Å². The van der Waals surface area contributed by atoms with Crippen LogP contribution in [0.2, 0.25) is 0 Å². The van der Waals surface area contributed by atoms with E-state index in [0.717, 1.165) is 11.5 Å². The Kier molecular flexibility index (Phi) is 9.02. The van der Waals surface area contributed by atoms with Gasteiger partial charge in [-0.1, -0.05) is 25.1 Å². The zero-order valence-corrected chi connectivity index (χ0v) is 21.4. The van der Waals surface area contributed by atoms with Crippen molar-refractivity contribution < 1.29 is 37.4 Å². The summed E-state index contributed by atoms with van der Waals surface area (Å²) in [6.07, 6.45) is -2.65. The molecular weight excluding hydrogens is 496 g/mol. The number of aliphatic hydroxyl groups is 1. The molecule has 1 aliphatic rings. The van der Waals surface area contributed by atoms with E-state index in [1.54, 1.807) is 25.1 Å². The molecule has 36 heavy (non-hydrogen) atoms. The van der Waals surface area contributed by atoms with Gasteiger partial charge in [-0.3, -0.25) is 13.9 Å². The lowest BCUT2D eigenvalue weighted by Crippen LogP contribution is -2.43. The van der Waals surface area contributed by atoms with Crippen LogP contribution in [0.15, 0.2) is 47.4 Å². The van der Waals surface area contributed by atoms with Crippen molar-refractivity contribution in [3.8, 4) is 5.75 Å². The normalized spacial score (nSPS) is 26.2. The highest BCUT2D eigenvalue weighted by Gasteiger charge is 2.56. The third-order valence-electron chi connectivity index (χ3n) is 5.47. The van der Waals surface area contributed by atoms with E-state index in [-0.39, 0.29) is 12.4 Å². The lowest BCUT2D eigenvalue weighted by Gasteiger charge is -2.25. The molecule has 0 bridgehead atoms. The summed E-state index contributed by atoms with van der Waals surface area (Å²) in [5.41, 5.74) is -2.72. The molecule has 2 aromatic rings. The first-order valence-corrected chi connectivity index (χ1v) is 13.0. The zero-order chi connectivity index (χ0) is 26.5. The molecule has 2 N–H and O–H groups in total. The maximum atomic E-state index is 15.5. The number of esters is 1. The van der Waals surface area contributed by atoms with Crippen LogP contribution in [0, 0.1) is 6.92 Å². The lowest BCUT2D eigenvalue weighted by atomic mass is 9.98. The molecule has 13 heteroatoms. The van der Waals surface area contributed by atoms with Gasteiger partial charge < -0.3 is 19.1 Å². The third kappa shape index (κ3) is 6.57. The van der Waals surface area contributed by atoms with E-state index in [1.807, 2.05) is 6.92 Å². The molecule has 1 aromatic heterocycles. The SMILES string of the molecule is CCCOC(=O)C(C)NP(=O)(OC[C@H]1O[C@@H](n2ccc(C)nc2=O)[C@](C)(F)[C@@H]1O)Oc1ccccc1. The van der Waals surface area contributed by atoms with Crippen LogP contribution in [0.4, 0.5) is 4.39 Å². The van der Waals surface area contributed by atoms with Crippen LogP contribution in [-0.2, 0) is 23.4 Å². The Labute approximate surface area is 208 Å². The summed E-state index contributed by atoms with van der Waals surface area (Å²) in [5, 5.41) is 13.1. The number of alkyl halides is 1. The molecule has 1 aromatic carbocycles. The minimum absolute atomic E-state index is 0.181. The minimum Gasteiger partial charge on any atom is -0.465 e. The molecule has 2 unspecified atom stereocenters. The Morgan fingerprint density at radius 2 is 2.06 bits per heavy atom. The topological polar surface area (TPSA) is 138 Å². The average Bonchev–Trinajstić information content (AvgIpc) is 3.05. The van der Waals surface area contributed by atoms with E-state index >= 15 is 4.39 Å². The van der Waals surface area contributed by atoms with Crippen LogP contribution in [0.25, 0.3) is 0 Å². The molecular formula is C23H31FN3O8P. The highest BCUT2D eigenvalue weighted by Crippen LogP contribution is 2.47. The van der Waals surface area contributed by atoms with E-state index in [1.165, 1.54) is 31.3 Å². The number of nitrogens with zero attached hydrogens (tertiary/aromatic N) is 2. The minimum atomic E-state index is -4.26. The molecule has 198 valence electrons. The number of para-hydroxylation sites is 1. The number of halogens is 1. The van der Waals surface area contributed by atoms with E-state index in [4.69, 9.17) is 18.5 Å². The number of aliphatic hydroxyl groups excluding tert-OH is 1. The Balaban J connectivity index is 1.78. The second kappa shape index (κ2) is 11.6. The van der Waals surface area contributed by atoms with Gasteiger partial charge in [-0.25, -0.2) is 13.8 Å². The fourth-order valence-electron chi connectivity index (χ4n) is 3.53. The van der Waals surface area contributed by atoms with Crippen molar-refractivity contribution in [2.24, 2.45) is 0 Å². The van der Waals surface area contributed by atoms with Gasteiger partial charge in [-0.2, -0.15) is 10.1 Å². The first kappa shape index (κ1) is 27.9. The zero-order valence-electron chi connectivity index (χ0n) is 20.5. The van der Waals surface area contributed by atoms with E-state index < -0.39 is 56.2 Å². The first-order chi connectivity index (χ1) is 17.0. The van der Waals surface area contributed by atoms with Gasteiger partial charge in [0.25, 0.3) is 0 Å². The highest BCUT2D eigenvalue weighted by atomic mass is 31.2. The van der Waals surface area contributed by atoms with Crippen LogP contribution >= 0.6 is 7.75 Å². The van der Waals surface area contributed by atoms with Crippen molar-refractivity contribution in [1.82, 2.24) is 14.6 Å². The number of hydrogen-bond acceptors (Lipinski definition) is 9. The Hall–Kier alpha value is -2.63. The molecule has 0 aliphatic carbocycles. The van der Waals surface area contributed by atoms with Crippen molar-refractivity contribution in [3.05, 3.63) is 58.8 Å². The molecule has 0 spiro atoms. The largest absolute Gasteiger partial charge is 0.465 e. The van der Waals surface area contributed by atoms with Gasteiger partial charge in [0.1, 0.15) is 24.0 Å². The maximum absolute atomic E-state index is 15.5. The summed E-state index contributed by atoms with van der Waals surface area (Å²) in [5.74, 6) is -0.488. The van der Waals surface area contributed by atoms with Crippen molar-refractivity contribution in [3.63, 3.8) is 0 Å². The summed E-state index contributed by atoms with van der Waals surface area (Å²) >= 11 is 0. The van der Waals surface area contributed by atoms with Crippen LogP contribution in [0.1, 0.15) is 39.1 Å². The van der Waals surface area contributed by atoms with Gasteiger partial charge in [0.15, 0.2) is 11.9 Å². The van der Waals surface area contributed by atoms with E-state index in [0.29, 0.717) is 12.1 Å². The molecule has 0 radical (unpaired) electrons. The molecule has 11 nitrogen and oxygen atoms in total. The Morgan fingerprint density at radius 3 is 2.69 bits per heavy atom. The Bertz CT molecular complexity index is 1150. The quantitative estimate of drug-likeness (QED) is 0.331. The molecule has 1 saturated heterocycles. The molecule has 0 saturated carbocycles. The van der Waals surface area contributed by atoms with Crippen LogP contribution in [-0.4, -0.2) is 57.8 Å². The fourth-order valence-corrected chi connectivity index (χ4v) is 5.03. The molecule has 1 fully saturated rings. The number of aryl methyl sites for hydroxylation is 1. The highest BCUT2D eigenvalue weighted by molar-refractivity contribution is 7.52. The summed E-state index contributed by atoms with van der Waals surface area (Å²) in [7, 11) is -4.26. The molecule has 6 atom stereocenters. The van der Waals surface area contributed by atoms with E-state index in [9.17, 15) is 19.3 Å². The van der Waals surface area contributed by atoms with E-state index in [2.05, 4.69) is 10.1 Å². The molecule has 2 heterocycles. The van der Waals surface area contributed by atoms with Gasteiger partial charge >= 0.3 is 19.4 Å². The smallest absolute Gasteiger partial charge is 0.459 e. The molecule has 1 aliphatic heterocycles. The number of ether oxygens (including phenoxy) is 2. The van der Waals surface area contributed by atoms with Crippen molar-refractivity contribution in [2.45, 2.75) is 64.3 Å². The second-order valence-electron chi connectivity index (χ2n) is 8.60. The predicted octanol–water partition coefficient (Wildman–Crippen LogP) is 2.67. The summed E-state index contributed by atoms with van der Waals surface area (Å²) in [6.45, 7) is 5.54.